The van der Waals surface area contributed by atoms with Crippen LogP contribution in [0.4, 0.5) is 17.5 Å². The number of aliphatic imine (C=N–C) groups is 1. The van der Waals surface area contributed by atoms with Crippen LogP contribution in [0.5, 0.6) is 0 Å². The Bertz CT molecular complexity index is 762. The van der Waals surface area contributed by atoms with Crippen molar-refractivity contribution in [2.45, 2.75) is 33.6 Å². The van der Waals surface area contributed by atoms with Crippen LogP contribution in [0.15, 0.2) is 29.3 Å². The van der Waals surface area contributed by atoms with Crippen LogP contribution in [0.3, 0.4) is 0 Å². The van der Waals surface area contributed by atoms with Gasteiger partial charge in [0, 0.05) is 11.8 Å². The highest BCUT2D eigenvalue weighted by Gasteiger charge is 2.19. The molecule has 126 valence electrons. The molecule has 1 saturated heterocycles. The van der Waals surface area contributed by atoms with Crippen LogP contribution in [-0.2, 0) is 0 Å². The van der Waals surface area contributed by atoms with Gasteiger partial charge in [0.15, 0.2) is 5.82 Å². The summed E-state index contributed by atoms with van der Waals surface area (Å²) in [6.07, 6.45) is 2.45. The van der Waals surface area contributed by atoms with E-state index in [9.17, 15) is 0 Å². The zero-order chi connectivity index (χ0) is 17.1. The molecule has 1 aliphatic heterocycles. The molecule has 0 amide bonds. The molecule has 1 fully saturated rings. The lowest BCUT2D eigenvalue weighted by atomic mass is 10.1. The molecule has 0 unspecified atom stereocenters. The van der Waals surface area contributed by atoms with Crippen LogP contribution < -0.4 is 20.9 Å². The van der Waals surface area contributed by atoms with E-state index in [1.54, 1.807) is 0 Å². The maximum Gasteiger partial charge on any atom is 0.386 e. The van der Waals surface area contributed by atoms with E-state index in [4.69, 9.17) is 5.73 Å². The highest BCUT2D eigenvalue weighted by Crippen LogP contribution is 2.18. The van der Waals surface area contributed by atoms with Crippen molar-refractivity contribution >= 4 is 23.4 Å². The Morgan fingerprint density at radius 3 is 2.67 bits per heavy atom. The number of benzene rings is 1. The first-order chi connectivity index (χ1) is 11.5. The summed E-state index contributed by atoms with van der Waals surface area (Å²) in [5.74, 6) is 1.90. The van der Waals surface area contributed by atoms with E-state index >= 15 is 0 Å². The van der Waals surface area contributed by atoms with Gasteiger partial charge in [-0.2, -0.15) is 0 Å². The Balaban J connectivity index is 1.81. The van der Waals surface area contributed by atoms with Crippen molar-refractivity contribution in [2.24, 2.45) is 10.7 Å². The number of nitrogens with two attached hydrogens (primary N) is 1. The number of hydrogen-bond acceptors (Lipinski definition) is 3. The third-order valence-corrected chi connectivity index (χ3v) is 4.19. The largest absolute Gasteiger partial charge is 0.386 e. The second-order valence-electron chi connectivity index (χ2n) is 6.37. The molecule has 1 aliphatic rings. The molecule has 2 heterocycles. The van der Waals surface area contributed by atoms with Crippen molar-refractivity contribution in [1.82, 2.24) is 4.98 Å². The number of hydrogen-bond donors (Lipinski definition) is 2. The topological polar surface area (TPSA) is 80.7 Å². The van der Waals surface area contributed by atoms with Crippen molar-refractivity contribution in [3.63, 3.8) is 0 Å². The Morgan fingerprint density at radius 2 is 1.96 bits per heavy atom. The van der Waals surface area contributed by atoms with E-state index in [0.717, 1.165) is 35.9 Å². The van der Waals surface area contributed by atoms with E-state index in [-0.39, 0.29) is 0 Å². The molecule has 0 spiro atoms. The first-order valence-electron chi connectivity index (χ1n) is 8.35. The number of anilines is 2. The second-order valence-corrected chi connectivity index (χ2v) is 6.37. The number of H-pyrrole nitrogens is 1. The van der Waals surface area contributed by atoms with Crippen LogP contribution in [0.1, 0.15) is 29.7 Å². The molecule has 1 aromatic carbocycles. The first-order valence-corrected chi connectivity index (χ1v) is 8.35. The van der Waals surface area contributed by atoms with Gasteiger partial charge in [0.1, 0.15) is 5.69 Å². The third kappa shape index (κ3) is 3.82. The van der Waals surface area contributed by atoms with Crippen molar-refractivity contribution < 1.29 is 4.98 Å². The molecule has 0 aliphatic carbocycles. The van der Waals surface area contributed by atoms with Crippen molar-refractivity contribution in [3.05, 3.63) is 41.1 Å². The monoisotopic (exact) mass is 325 g/mol. The van der Waals surface area contributed by atoms with Crippen LogP contribution in [-0.4, -0.2) is 24.0 Å². The molecule has 0 saturated carbocycles. The van der Waals surface area contributed by atoms with Gasteiger partial charge >= 0.3 is 5.95 Å². The minimum atomic E-state index is 0.323. The molecular weight excluding hydrogens is 300 g/mol. The molecule has 1 aromatic heterocycles. The summed E-state index contributed by atoms with van der Waals surface area (Å²) >= 11 is 0. The smallest absolute Gasteiger partial charge is 0.359 e. The Hall–Kier alpha value is -2.63. The van der Waals surface area contributed by atoms with Gasteiger partial charge in [-0.1, -0.05) is 22.7 Å². The zero-order valence-corrected chi connectivity index (χ0v) is 14.6. The summed E-state index contributed by atoms with van der Waals surface area (Å²) in [4.78, 5) is 14.4. The molecule has 0 bridgehead atoms. The molecule has 0 atom stereocenters. The van der Waals surface area contributed by atoms with Crippen LogP contribution in [0, 0.1) is 20.8 Å². The van der Waals surface area contributed by atoms with Gasteiger partial charge in [-0.25, -0.2) is 4.98 Å². The predicted octanol–water partition coefficient (Wildman–Crippen LogP) is 2.48. The Labute approximate surface area is 142 Å². The summed E-state index contributed by atoms with van der Waals surface area (Å²) in [5.41, 5.74) is 10.3. The van der Waals surface area contributed by atoms with Crippen molar-refractivity contribution in [2.75, 3.05) is 23.3 Å². The fraction of sp³-hybridized carbons (Fsp3) is 0.389. The average molecular weight is 325 g/mol. The van der Waals surface area contributed by atoms with Gasteiger partial charge in [0.25, 0.3) is 5.96 Å². The molecular formula is C18H25N6+. The molecule has 0 radical (unpaired) electrons. The van der Waals surface area contributed by atoms with Gasteiger partial charge < -0.3 is 16.0 Å². The summed E-state index contributed by atoms with van der Waals surface area (Å²) in [6.45, 7) is 8.23. The standard InChI is InChI=1S/C18H24N6/c1-12-6-7-15(13(2)10-12)21-17(19)23-18-20-14(3)11-16(22-18)24-8-4-5-9-24/h6-7,10-11H,4-5,8-9H2,1-3H3,(H3,19,20,21,22,23)/p+1. The second kappa shape index (κ2) is 6.86. The summed E-state index contributed by atoms with van der Waals surface area (Å²) in [6, 6.07) is 8.22. The minimum absolute atomic E-state index is 0.323. The number of aromatic nitrogens is 2. The summed E-state index contributed by atoms with van der Waals surface area (Å²) in [5, 5.41) is 3.15. The lowest BCUT2D eigenvalue weighted by Gasteiger charge is -2.12. The van der Waals surface area contributed by atoms with E-state index in [1.165, 1.54) is 18.4 Å². The van der Waals surface area contributed by atoms with Gasteiger partial charge in [0.05, 0.1) is 13.1 Å². The fourth-order valence-electron chi connectivity index (χ4n) is 2.99. The van der Waals surface area contributed by atoms with Crippen LogP contribution in [0.25, 0.3) is 0 Å². The molecule has 24 heavy (non-hydrogen) atoms. The normalized spacial score (nSPS) is 15.0. The molecule has 3 rings (SSSR count). The van der Waals surface area contributed by atoms with Gasteiger partial charge in [0.2, 0.25) is 0 Å². The fourth-order valence-corrected chi connectivity index (χ4v) is 2.99. The van der Waals surface area contributed by atoms with E-state index in [2.05, 4.69) is 44.2 Å². The Kier molecular flexibility index (Phi) is 4.64. The zero-order valence-electron chi connectivity index (χ0n) is 14.6. The van der Waals surface area contributed by atoms with Crippen LogP contribution in [0.2, 0.25) is 0 Å². The molecule has 2 aromatic rings. The number of nitrogens with zero attached hydrogens (tertiary/aromatic N) is 3. The summed E-state index contributed by atoms with van der Waals surface area (Å²) < 4.78 is 0. The number of guanidine groups is 1. The highest BCUT2D eigenvalue weighted by atomic mass is 15.2. The van der Waals surface area contributed by atoms with Crippen LogP contribution >= 0.6 is 0 Å². The maximum atomic E-state index is 6.06. The SMILES string of the molecule is Cc1ccc(NC(N)=Nc2nc(C)cc(N3CCCC3)[nH+]2)c(C)c1. The lowest BCUT2D eigenvalue weighted by molar-refractivity contribution is -0.352. The van der Waals surface area contributed by atoms with Gasteiger partial charge in [-0.05, 0) is 45.2 Å². The number of nitrogens with one attached hydrogen (secondary N) is 2. The van der Waals surface area contributed by atoms with E-state index < -0.39 is 0 Å². The van der Waals surface area contributed by atoms with E-state index in [0.29, 0.717) is 11.9 Å². The Morgan fingerprint density at radius 1 is 1.21 bits per heavy atom. The van der Waals surface area contributed by atoms with Crippen molar-refractivity contribution in [1.29, 1.82) is 0 Å². The first kappa shape index (κ1) is 16.2. The number of rotatable bonds is 3. The maximum absolute atomic E-state index is 6.06. The quantitative estimate of drug-likeness (QED) is 0.671. The van der Waals surface area contributed by atoms with Crippen molar-refractivity contribution in [3.8, 4) is 0 Å². The molecule has 6 heteroatoms. The predicted molar refractivity (Wildman–Crippen MR) is 97.8 cm³/mol. The van der Waals surface area contributed by atoms with E-state index in [1.807, 2.05) is 26.0 Å². The summed E-state index contributed by atoms with van der Waals surface area (Å²) in [7, 11) is 0. The highest BCUT2D eigenvalue weighted by molar-refractivity contribution is 5.94. The van der Waals surface area contributed by atoms with Gasteiger partial charge in [-0.15, -0.1) is 4.98 Å². The average Bonchev–Trinajstić information content (AvgIpc) is 3.04. The lowest BCUT2D eigenvalue weighted by Crippen LogP contribution is -2.28. The molecule has 6 nitrogen and oxygen atoms in total. The van der Waals surface area contributed by atoms with Gasteiger partial charge in [-0.3, -0.25) is 0 Å². The third-order valence-electron chi connectivity index (χ3n) is 4.19. The number of aromatic amines is 1. The minimum Gasteiger partial charge on any atom is -0.359 e. The number of aryl methyl sites for hydroxylation is 3. The molecule has 4 N–H and O–H groups in total.